The molecule has 2 heteroatoms. The number of benzene rings is 3. The number of allylic oxidation sites excluding steroid dienone is 3. The predicted octanol–water partition coefficient (Wildman–Crippen LogP) is 13.3. The summed E-state index contributed by atoms with van der Waals surface area (Å²) < 4.78 is 14.1. The predicted molar refractivity (Wildman–Crippen MR) is 205 cm³/mol. The van der Waals surface area contributed by atoms with Crippen LogP contribution in [0.2, 0.25) is 0 Å². The minimum atomic E-state index is -0.778. The highest BCUT2D eigenvalue weighted by molar-refractivity contribution is 5.54. The minimum absolute atomic E-state index is 0.128. The number of hydrogen-bond donors (Lipinski definition) is 0. The molecule has 0 amide bonds. The second kappa shape index (κ2) is 18.8. The average molecular weight is 637 g/mol. The fraction of sp³-hybridized carbons (Fsp3) is 0.467. The van der Waals surface area contributed by atoms with Crippen molar-refractivity contribution in [3.63, 3.8) is 0 Å². The van der Waals surface area contributed by atoms with E-state index in [2.05, 4.69) is 140 Å². The van der Waals surface area contributed by atoms with Gasteiger partial charge in [-0.15, -0.1) is 0 Å². The quantitative estimate of drug-likeness (QED) is 0.145. The van der Waals surface area contributed by atoms with E-state index in [1.54, 1.807) is 0 Å². The van der Waals surface area contributed by atoms with Crippen LogP contribution in [0.15, 0.2) is 122 Å². The van der Waals surface area contributed by atoms with Gasteiger partial charge in [-0.05, 0) is 70.4 Å². The highest BCUT2D eigenvalue weighted by Gasteiger charge is 2.48. The van der Waals surface area contributed by atoms with Gasteiger partial charge < -0.3 is 9.47 Å². The van der Waals surface area contributed by atoms with Crippen molar-refractivity contribution in [2.24, 2.45) is 10.8 Å². The van der Waals surface area contributed by atoms with Gasteiger partial charge in [0, 0.05) is 0 Å². The molecule has 2 atom stereocenters. The van der Waals surface area contributed by atoms with E-state index in [0.29, 0.717) is 5.92 Å². The molecule has 3 aromatic rings. The van der Waals surface area contributed by atoms with Crippen LogP contribution in [-0.2, 0) is 10.2 Å². The summed E-state index contributed by atoms with van der Waals surface area (Å²) >= 11 is 0. The third-order valence-electron chi connectivity index (χ3n) is 8.79. The topological polar surface area (TPSA) is 18.5 Å². The molecule has 1 saturated carbocycles. The fourth-order valence-electron chi connectivity index (χ4n) is 6.65. The van der Waals surface area contributed by atoms with Gasteiger partial charge in [0.2, 0.25) is 6.29 Å². The van der Waals surface area contributed by atoms with E-state index in [0.717, 1.165) is 41.7 Å². The molecule has 1 aliphatic rings. The van der Waals surface area contributed by atoms with Crippen LogP contribution in [0.1, 0.15) is 124 Å². The van der Waals surface area contributed by atoms with E-state index in [-0.39, 0.29) is 16.9 Å². The van der Waals surface area contributed by atoms with Gasteiger partial charge in [-0.2, -0.15) is 0 Å². The van der Waals surface area contributed by atoms with E-state index in [1.165, 1.54) is 18.4 Å². The zero-order chi connectivity index (χ0) is 35.1. The first kappa shape index (κ1) is 39.8. The maximum atomic E-state index is 7.07. The lowest BCUT2D eigenvalue weighted by Gasteiger charge is -2.43. The molecule has 2 unspecified atom stereocenters. The Hall–Kier alpha value is -3.36. The molecule has 0 spiro atoms. The van der Waals surface area contributed by atoms with Gasteiger partial charge in [0.1, 0.15) is 11.2 Å². The standard InChI is InChI=1S/C41H52O2.2C2H6/c1-9-19-32(10-2)41(33-20-13-11-14-21-33,34-22-15-12-16-23-34)38(42-35-24-17-18-25-35)43-36-28-26-31(27-29-36)37(40(6,7)8)30-39(3,4)5;2*1-2/h9-16,19-23,26-29,35,37-38H,1-2,17-18,24-25,30H2,3-8H3;2*1-2H3/b32-19+;;. The molecule has 3 aromatic carbocycles. The molecule has 47 heavy (non-hydrogen) atoms. The molecule has 0 N–H and O–H groups in total. The Morgan fingerprint density at radius 1 is 0.745 bits per heavy atom. The SMILES string of the molecule is C=C/C=C(\C=C)C(c1ccccc1)(c1ccccc1)C(Oc1ccc(C(CC(C)(C)C)C(C)(C)C)cc1)OC1CCCC1.CC.CC. The van der Waals surface area contributed by atoms with Crippen molar-refractivity contribution in [1.29, 1.82) is 0 Å². The number of rotatable bonds is 12. The van der Waals surface area contributed by atoms with E-state index in [9.17, 15) is 0 Å². The van der Waals surface area contributed by atoms with Crippen LogP contribution < -0.4 is 4.74 Å². The highest BCUT2D eigenvalue weighted by Crippen LogP contribution is 2.47. The lowest BCUT2D eigenvalue weighted by molar-refractivity contribution is -0.142. The Balaban J connectivity index is 0.00000185. The van der Waals surface area contributed by atoms with Crippen LogP contribution >= 0.6 is 0 Å². The van der Waals surface area contributed by atoms with Crippen molar-refractivity contribution in [1.82, 2.24) is 0 Å². The molecule has 0 radical (unpaired) electrons. The van der Waals surface area contributed by atoms with Crippen molar-refractivity contribution in [3.8, 4) is 5.75 Å². The van der Waals surface area contributed by atoms with Crippen LogP contribution in [0.25, 0.3) is 0 Å². The van der Waals surface area contributed by atoms with Crippen LogP contribution in [0, 0.1) is 10.8 Å². The molecule has 2 nitrogen and oxygen atoms in total. The zero-order valence-electron chi connectivity index (χ0n) is 31.3. The summed E-state index contributed by atoms with van der Waals surface area (Å²) in [7, 11) is 0. The summed E-state index contributed by atoms with van der Waals surface area (Å²) in [4.78, 5) is 0. The molecule has 4 rings (SSSR count). The molecule has 1 fully saturated rings. The molecule has 1 aliphatic carbocycles. The first-order valence-electron chi connectivity index (χ1n) is 18.0. The Bertz CT molecular complexity index is 1290. The molecule has 0 aliphatic heterocycles. The van der Waals surface area contributed by atoms with Crippen LogP contribution in [0.4, 0.5) is 0 Å². The summed E-state index contributed by atoms with van der Waals surface area (Å²) in [6, 6.07) is 29.9. The second-order valence-electron chi connectivity index (χ2n) is 14.3. The van der Waals surface area contributed by atoms with Crippen molar-refractivity contribution < 1.29 is 9.47 Å². The largest absolute Gasteiger partial charge is 0.463 e. The van der Waals surface area contributed by atoms with Gasteiger partial charge >= 0.3 is 0 Å². The van der Waals surface area contributed by atoms with Crippen molar-refractivity contribution in [2.75, 3.05) is 0 Å². The Kier molecular flexibility index (Phi) is 16.0. The molecular formula is C45H64O2. The van der Waals surface area contributed by atoms with Gasteiger partial charge in [0.15, 0.2) is 0 Å². The Morgan fingerprint density at radius 3 is 1.64 bits per heavy atom. The molecule has 0 saturated heterocycles. The first-order chi connectivity index (χ1) is 22.5. The number of hydrogen-bond acceptors (Lipinski definition) is 2. The van der Waals surface area contributed by atoms with Gasteiger partial charge in [-0.3, -0.25) is 0 Å². The zero-order valence-corrected chi connectivity index (χ0v) is 31.3. The fourth-order valence-corrected chi connectivity index (χ4v) is 6.65. The lowest BCUT2D eigenvalue weighted by atomic mass is 9.68. The van der Waals surface area contributed by atoms with Gasteiger partial charge in [-0.1, -0.05) is 186 Å². The van der Waals surface area contributed by atoms with Crippen molar-refractivity contribution in [3.05, 3.63) is 139 Å². The van der Waals surface area contributed by atoms with E-state index >= 15 is 0 Å². The maximum absolute atomic E-state index is 7.07. The van der Waals surface area contributed by atoms with Gasteiger partial charge in [0.05, 0.1) is 6.10 Å². The molecule has 0 heterocycles. The molecular weight excluding hydrogens is 572 g/mol. The number of ether oxygens (including phenoxy) is 2. The van der Waals surface area contributed by atoms with Gasteiger partial charge in [0.25, 0.3) is 0 Å². The lowest BCUT2D eigenvalue weighted by Crippen LogP contribution is -2.48. The molecule has 0 bridgehead atoms. The minimum Gasteiger partial charge on any atom is -0.463 e. The first-order valence-corrected chi connectivity index (χ1v) is 18.0. The summed E-state index contributed by atoms with van der Waals surface area (Å²) in [6.07, 6.45) is 10.8. The average Bonchev–Trinajstić information content (AvgIpc) is 3.59. The molecule has 256 valence electrons. The van der Waals surface area contributed by atoms with E-state index < -0.39 is 11.7 Å². The van der Waals surface area contributed by atoms with Crippen molar-refractivity contribution >= 4 is 0 Å². The highest BCUT2D eigenvalue weighted by atomic mass is 16.7. The van der Waals surface area contributed by atoms with Crippen molar-refractivity contribution in [2.45, 2.75) is 125 Å². The monoisotopic (exact) mass is 636 g/mol. The summed E-state index contributed by atoms with van der Waals surface area (Å²) in [5.41, 5.74) is 4.11. The third kappa shape index (κ3) is 10.6. The van der Waals surface area contributed by atoms with E-state index in [4.69, 9.17) is 9.47 Å². The second-order valence-corrected chi connectivity index (χ2v) is 14.3. The normalized spacial score (nSPS) is 15.3. The maximum Gasteiger partial charge on any atom is 0.218 e. The Labute approximate surface area is 289 Å². The smallest absolute Gasteiger partial charge is 0.218 e. The summed E-state index contributed by atoms with van der Waals surface area (Å²) in [5.74, 6) is 1.23. The summed E-state index contributed by atoms with van der Waals surface area (Å²) in [5, 5.41) is 0. The van der Waals surface area contributed by atoms with Crippen LogP contribution in [0.3, 0.4) is 0 Å². The third-order valence-corrected chi connectivity index (χ3v) is 8.79. The Morgan fingerprint density at radius 2 is 1.23 bits per heavy atom. The summed E-state index contributed by atoms with van der Waals surface area (Å²) in [6.45, 7) is 30.3. The van der Waals surface area contributed by atoms with Crippen LogP contribution in [-0.4, -0.2) is 12.4 Å². The van der Waals surface area contributed by atoms with Gasteiger partial charge in [-0.25, -0.2) is 0 Å². The molecule has 0 aromatic heterocycles. The van der Waals surface area contributed by atoms with E-state index in [1.807, 2.05) is 45.9 Å². The van der Waals surface area contributed by atoms with Crippen LogP contribution in [0.5, 0.6) is 5.75 Å².